The van der Waals surface area contributed by atoms with Crippen LogP contribution in [0.2, 0.25) is 0 Å². The second-order valence-corrected chi connectivity index (χ2v) is 7.82. The highest BCUT2D eigenvalue weighted by Crippen LogP contribution is 2.42. The summed E-state index contributed by atoms with van der Waals surface area (Å²) in [6.07, 6.45) is 6.10. The van der Waals surface area contributed by atoms with E-state index in [1.165, 1.54) is 12.1 Å². The quantitative estimate of drug-likeness (QED) is 0.893. The van der Waals surface area contributed by atoms with Crippen LogP contribution >= 0.6 is 0 Å². The van der Waals surface area contributed by atoms with Gasteiger partial charge in [0.05, 0.1) is 17.3 Å². The Kier molecular flexibility index (Phi) is 4.74. The molecule has 7 heteroatoms. The Labute approximate surface area is 158 Å². The average molecular weight is 372 g/mol. The molecule has 0 radical (unpaired) electrons. The van der Waals surface area contributed by atoms with Gasteiger partial charge in [0.2, 0.25) is 0 Å². The Morgan fingerprint density at radius 3 is 3.00 bits per heavy atom. The van der Waals surface area contributed by atoms with Gasteiger partial charge in [-0.2, -0.15) is 5.10 Å². The third-order valence-corrected chi connectivity index (χ3v) is 6.15. The number of nitrogens with zero attached hydrogens (tertiary/aromatic N) is 4. The molecule has 1 aromatic heterocycles. The monoisotopic (exact) mass is 372 g/mol. The molecule has 2 fully saturated rings. The third kappa shape index (κ3) is 3.37. The van der Waals surface area contributed by atoms with Gasteiger partial charge in [-0.25, -0.2) is 9.07 Å². The number of hydrogen-bond donors (Lipinski definition) is 1. The number of piperidine rings is 2. The summed E-state index contributed by atoms with van der Waals surface area (Å²) in [5.74, 6) is -0.941. The van der Waals surface area contributed by atoms with Crippen molar-refractivity contribution in [3.8, 4) is 5.69 Å². The number of carbonyl (C=O) groups is 1. The van der Waals surface area contributed by atoms with E-state index in [1.54, 1.807) is 16.9 Å². The highest BCUT2D eigenvalue weighted by Gasteiger charge is 2.52. The predicted octanol–water partition coefficient (Wildman–Crippen LogP) is 2.38. The molecule has 0 amide bonds. The summed E-state index contributed by atoms with van der Waals surface area (Å²) in [5, 5.41) is 14.2. The van der Waals surface area contributed by atoms with E-state index >= 15 is 0 Å². The van der Waals surface area contributed by atoms with E-state index in [4.69, 9.17) is 0 Å². The van der Waals surface area contributed by atoms with Crippen molar-refractivity contribution in [3.05, 3.63) is 48.0 Å². The number of halogens is 1. The number of carboxylic acid groups (broad SMARTS) is 1. The summed E-state index contributed by atoms with van der Waals surface area (Å²) in [7, 11) is 2.03. The van der Waals surface area contributed by atoms with Gasteiger partial charge in [0.25, 0.3) is 0 Å². The standard InChI is InChI=1S/C20H25FN4O2/c1-23-8-3-6-20(19(26)27)7-9-24(14-18(20)23)12-15-11-22-25(13-15)17-5-2-4-16(21)10-17/h2,4-5,10-11,13,18H,3,6-9,12,14H2,1H3,(H,26,27)/t18-,20+/m1/s1. The van der Waals surface area contributed by atoms with E-state index in [0.717, 1.165) is 44.6 Å². The molecule has 2 aromatic rings. The first kappa shape index (κ1) is 18.1. The Morgan fingerprint density at radius 1 is 1.37 bits per heavy atom. The van der Waals surface area contributed by atoms with Crippen LogP contribution in [0, 0.1) is 11.2 Å². The molecule has 0 bridgehead atoms. The van der Waals surface area contributed by atoms with Gasteiger partial charge in [0.15, 0.2) is 0 Å². The molecular weight excluding hydrogens is 347 g/mol. The summed E-state index contributed by atoms with van der Waals surface area (Å²) in [4.78, 5) is 16.5. The van der Waals surface area contributed by atoms with Gasteiger partial charge in [-0.1, -0.05) is 6.07 Å². The zero-order chi connectivity index (χ0) is 19.0. The van der Waals surface area contributed by atoms with Gasteiger partial charge in [-0.05, 0) is 57.6 Å². The van der Waals surface area contributed by atoms with Crippen molar-refractivity contribution in [3.63, 3.8) is 0 Å². The summed E-state index contributed by atoms with van der Waals surface area (Å²) in [6, 6.07) is 6.39. The van der Waals surface area contributed by atoms with Crippen LogP contribution in [0.1, 0.15) is 24.8 Å². The Bertz CT molecular complexity index is 839. The van der Waals surface area contributed by atoms with E-state index in [1.807, 2.05) is 19.3 Å². The largest absolute Gasteiger partial charge is 0.481 e. The molecule has 6 nitrogen and oxygen atoms in total. The van der Waals surface area contributed by atoms with Gasteiger partial charge in [0, 0.05) is 30.9 Å². The van der Waals surface area contributed by atoms with Crippen molar-refractivity contribution in [2.75, 3.05) is 26.7 Å². The molecule has 0 aliphatic carbocycles. The number of rotatable bonds is 4. The zero-order valence-corrected chi connectivity index (χ0v) is 15.5. The lowest BCUT2D eigenvalue weighted by Crippen LogP contribution is -2.62. The molecule has 4 rings (SSSR count). The summed E-state index contributed by atoms with van der Waals surface area (Å²) in [5.41, 5.74) is 1.12. The topological polar surface area (TPSA) is 61.6 Å². The van der Waals surface area contributed by atoms with Crippen molar-refractivity contribution in [2.45, 2.75) is 31.8 Å². The molecule has 2 aliphatic rings. The molecule has 0 unspecified atom stereocenters. The molecule has 0 saturated carbocycles. The Balaban J connectivity index is 1.48. The summed E-state index contributed by atoms with van der Waals surface area (Å²) >= 11 is 0. The second kappa shape index (κ2) is 7.05. The highest BCUT2D eigenvalue weighted by molar-refractivity contribution is 5.76. The number of hydrogen-bond acceptors (Lipinski definition) is 4. The van der Waals surface area contributed by atoms with Gasteiger partial charge in [0.1, 0.15) is 5.82 Å². The van der Waals surface area contributed by atoms with Crippen LogP contribution in [-0.4, -0.2) is 63.4 Å². The van der Waals surface area contributed by atoms with Gasteiger partial charge >= 0.3 is 5.97 Å². The minimum atomic E-state index is -0.655. The third-order valence-electron chi connectivity index (χ3n) is 6.15. The van der Waals surface area contributed by atoms with Gasteiger partial charge in [-0.15, -0.1) is 0 Å². The summed E-state index contributed by atoms with van der Waals surface area (Å²) in [6.45, 7) is 3.18. The lowest BCUT2D eigenvalue weighted by atomic mass is 9.68. The normalized spacial score (nSPS) is 26.7. The van der Waals surface area contributed by atoms with Crippen LogP contribution in [0.15, 0.2) is 36.7 Å². The molecule has 2 saturated heterocycles. The molecular formula is C20H25FN4O2. The number of likely N-dealkylation sites (N-methyl/N-ethyl adjacent to an activating group) is 1. The maximum atomic E-state index is 13.4. The van der Waals surface area contributed by atoms with E-state index in [-0.39, 0.29) is 11.9 Å². The first-order valence-electron chi connectivity index (χ1n) is 9.43. The van der Waals surface area contributed by atoms with Crippen molar-refractivity contribution in [1.29, 1.82) is 0 Å². The number of likely N-dealkylation sites (tertiary alicyclic amines) is 2. The maximum absolute atomic E-state index is 13.4. The number of fused-ring (bicyclic) bond motifs is 1. The highest BCUT2D eigenvalue weighted by atomic mass is 19.1. The average Bonchev–Trinajstić information content (AvgIpc) is 3.11. The number of carboxylic acids is 1. The number of aliphatic carboxylic acids is 1. The van der Waals surface area contributed by atoms with Crippen LogP contribution in [0.3, 0.4) is 0 Å². The number of benzene rings is 1. The van der Waals surface area contributed by atoms with Gasteiger partial charge < -0.3 is 10.0 Å². The summed E-state index contributed by atoms with van der Waals surface area (Å²) < 4.78 is 15.1. The molecule has 1 aromatic carbocycles. The lowest BCUT2D eigenvalue weighted by Gasteiger charge is -2.51. The first-order chi connectivity index (χ1) is 13.0. The fourth-order valence-corrected chi connectivity index (χ4v) is 4.65. The van der Waals surface area contributed by atoms with Crippen LogP contribution in [0.5, 0.6) is 0 Å². The Morgan fingerprint density at radius 2 is 2.22 bits per heavy atom. The molecule has 27 heavy (non-hydrogen) atoms. The first-order valence-corrected chi connectivity index (χ1v) is 9.43. The van der Waals surface area contributed by atoms with Crippen LogP contribution in [0.4, 0.5) is 4.39 Å². The molecule has 0 spiro atoms. The molecule has 2 aliphatic heterocycles. The van der Waals surface area contributed by atoms with E-state index in [9.17, 15) is 14.3 Å². The molecule has 2 atom stereocenters. The molecule has 3 heterocycles. The van der Waals surface area contributed by atoms with E-state index < -0.39 is 11.4 Å². The fourth-order valence-electron chi connectivity index (χ4n) is 4.65. The van der Waals surface area contributed by atoms with Crippen molar-refractivity contribution < 1.29 is 14.3 Å². The van der Waals surface area contributed by atoms with Gasteiger partial charge in [-0.3, -0.25) is 9.69 Å². The molecule has 1 N–H and O–H groups in total. The SMILES string of the molecule is CN1CCC[C@]2(C(=O)O)CCN(Cc3cnn(-c4cccc(F)c4)c3)C[C@@H]12. The van der Waals surface area contributed by atoms with Crippen molar-refractivity contribution >= 4 is 5.97 Å². The van der Waals surface area contributed by atoms with Crippen LogP contribution in [-0.2, 0) is 11.3 Å². The van der Waals surface area contributed by atoms with Crippen molar-refractivity contribution in [2.24, 2.45) is 5.41 Å². The minimum absolute atomic E-state index is 0.0377. The zero-order valence-electron chi connectivity index (χ0n) is 15.5. The van der Waals surface area contributed by atoms with E-state index in [2.05, 4.69) is 14.9 Å². The fraction of sp³-hybridized carbons (Fsp3) is 0.500. The van der Waals surface area contributed by atoms with Crippen LogP contribution < -0.4 is 0 Å². The smallest absolute Gasteiger partial charge is 0.311 e. The lowest BCUT2D eigenvalue weighted by molar-refractivity contribution is -0.162. The van der Waals surface area contributed by atoms with Crippen LogP contribution in [0.25, 0.3) is 5.69 Å². The predicted molar refractivity (Wildman–Crippen MR) is 99.1 cm³/mol. The van der Waals surface area contributed by atoms with Crippen molar-refractivity contribution in [1.82, 2.24) is 19.6 Å². The second-order valence-electron chi connectivity index (χ2n) is 7.82. The molecule has 144 valence electrons. The maximum Gasteiger partial charge on any atom is 0.311 e. The minimum Gasteiger partial charge on any atom is -0.481 e. The number of aromatic nitrogens is 2. The van der Waals surface area contributed by atoms with E-state index in [0.29, 0.717) is 12.1 Å². The Hall–Kier alpha value is -2.25.